The van der Waals surface area contributed by atoms with Crippen LogP contribution in [0.15, 0.2) is 0 Å². The lowest BCUT2D eigenvalue weighted by atomic mass is 10.0. The maximum Gasteiger partial charge on any atom is 0.311 e. The number of aliphatic hydroxyl groups excluding tert-OH is 1. The van der Waals surface area contributed by atoms with Crippen LogP contribution in [0, 0.1) is 5.92 Å². The van der Waals surface area contributed by atoms with Gasteiger partial charge >= 0.3 is 5.97 Å². The number of aliphatic hydroxyl groups is 1. The van der Waals surface area contributed by atoms with Crippen molar-refractivity contribution in [3.8, 4) is 0 Å². The van der Waals surface area contributed by atoms with E-state index in [1.807, 2.05) is 0 Å². The van der Waals surface area contributed by atoms with Crippen molar-refractivity contribution in [3.05, 3.63) is 0 Å². The largest absolute Gasteiger partial charge is 0.457 e. The molecule has 0 bridgehead atoms. The van der Waals surface area contributed by atoms with Crippen LogP contribution in [0.3, 0.4) is 0 Å². The maximum atomic E-state index is 11.5. The number of carbonyl (C=O) groups excluding carboxylic acids is 1. The minimum absolute atomic E-state index is 0.0817. The van der Waals surface area contributed by atoms with Crippen molar-refractivity contribution in [1.82, 2.24) is 0 Å². The van der Waals surface area contributed by atoms with Crippen LogP contribution < -0.4 is 0 Å². The van der Waals surface area contributed by atoms with E-state index in [-0.39, 0.29) is 29.6 Å². The third-order valence-electron chi connectivity index (χ3n) is 3.92. The Hall–Kier alpha value is -0.393. The standard InChI is InChI=1S/C12H24O4Si/c1-8-10(9(7-13)15-11(8)14)16-17(5,6)12(2,3)4/h8-10,13H,7H2,1-6H3/t8-,9-,10-/m0/s1. The number of esters is 1. The van der Waals surface area contributed by atoms with Crippen LogP contribution in [0.4, 0.5) is 0 Å². The summed E-state index contributed by atoms with van der Waals surface area (Å²) in [4.78, 5) is 11.5. The fraction of sp³-hybridized carbons (Fsp3) is 0.917. The third-order valence-corrected chi connectivity index (χ3v) is 8.39. The van der Waals surface area contributed by atoms with Gasteiger partial charge in [-0.3, -0.25) is 4.79 Å². The number of cyclic esters (lactones) is 1. The first kappa shape index (κ1) is 14.7. The van der Waals surface area contributed by atoms with E-state index in [1.54, 1.807) is 6.92 Å². The van der Waals surface area contributed by atoms with Crippen molar-refractivity contribution in [2.24, 2.45) is 5.92 Å². The molecule has 4 nitrogen and oxygen atoms in total. The highest BCUT2D eigenvalue weighted by Gasteiger charge is 2.48. The molecule has 1 rings (SSSR count). The van der Waals surface area contributed by atoms with Gasteiger partial charge in [0, 0.05) is 0 Å². The Balaban J connectivity index is 2.83. The van der Waals surface area contributed by atoms with Crippen LogP contribution in [0.5, 0.6) is 0 Å². The van der Waals surface area contributed by atoms with E-state index < -0.39 is 14.4 Å². The molecule has 0 amide bonds. The van der Waals surface area contributed by atoms with Crippen LogP contribution in [-0.2, 0) is 14.0 Å². The maximum absolute atomic E-state index is 11.5. The highest BCUT2D eigenvalue weighted by atomic mass is 28.4. The molecule has 0 aliphatic carbocycles. The molecule has 1 saturated heterocycles. The molecule has 0 aromatic carbocycles. The monoisotopic (exact) mass is 260 g/mol. The number of hydrogen-bond acceptors (Lipinski definition) is 4. The molecule has 0 aromatic heterocycles. The van der Waals surface area contributed by atoms with Crippen LogP contribution >= 0.6 is 0 Å². The van der Waals surface area contributed by atoms with Crippen LogP contribution in [-0.4, -0.2) is 38.2 Å². The summed E-state index contributed by atoms with van der Waals surface area (Å²) in [6.45, 7) is 12.3. The number of carbonyl (C=O) groups is 1. The first-order valence-corrected chi connectivity index (χ1v) is 9.00. The van der Waals surface area contributed by atoms with E-state index in [1.165, 1.54) is 0 Å². The van der Waals surface area contributed by atoms with E-state index in [9.17, 15) is 9.90 Å². The Bertz CT molecular complexity index is 295. The van der Waals surface area contributed by atoms with Gasteiger partial charge in [0.25, 0.3) is 0 Å². The van der Waals surface area contributed by atoms with E-state index in [0.717, 1.165) is 0 Å². The van der Waals surface area contributed by atoms with E-state index in [0.29, 0.717) is 0 Å². The van der Waals surface area contributed by atoms with Gasteiger partial charge in [0.05, 0.1) is 18.6 Å². The first-order chi connectivity index (χ1) is 7.60. The fourth-order valence-electron chi connectivity index (χ4n) is 1.62. The average Bonchev–Trinajstić information content (AvgIpc) is 2.43. The van der Waals surface area contributed by atoms with Gasteiger partial charge in [-0.1, -0.05) is 20.8 Å². The summed E-state index contributed by atoms with van der Waals surface area (Å²) >= 11 is 0. The minimum atomic E-state index is -1.94. The highest BCUT2D eigenvalue weighted by molar-refractivity contribution is 6.74. The Labute approximate surface area is 104 Å². The van der Waals surface area contributed by atoms with E-state index >= 15 is 0 Å². The first-order valence-electron chi connectivity index (χ1n) is 6.09. The normalized spacial score (nSPS) is 30.5. The minimum Gasteiger partial charge on any atom is -0.457 e. The lowest BCUT2D eigenvalue weighted by Crippen LogP contribution is -2.48. The zero-order chi connectivity index (χ0) is 13.4. The second-order valence-electron chi connectivity index (χ2n) is 6.29. The zero-order valence-electron chi connectivity index (χ0n) is 11.6. The Morgan fingerprint density at radius 2 is 1.94 bits per heavy atom. The molecule has 1 heterocycles. The summed E-state index contributed by atoms with van der Waals surface area (Å²) in [5, 5.41) is 9.31. The summed E-state index contributed by atoms with van der Waals surface area (Å²) in [6.07, 6.45) is -0.819. The van der Waals surface area contributed by atoms with Gasteiger partial charge in [0.15, 0.2) is 14.4 Å². The summed E-state index contributed by atoms with van der Waals surface area (Å²) in [5.74, 6) is -0.561. The lowest BCUT2D eigenvalue weighted by Gasteiger charge is -2.39. The molecular weight excluding hydrogens is 236 g/mol. The van der Waals surface area contributed by atoms with E-state index in [2.05, 4.69) is 33.9 Å². The van der Waals surface area contributed by atoms with Gasteiger partial charge in [-0.2, -0.15) is 0 Å². The summed E-state index contributed by atoms with van der Waals surface area (Å²) < 4.78 is 11.3. The molecule has 3 atom stereocenters. The number of ether oxygens (including phenoxy) is 1. The smallest absolute Gasteiger partial charge is 0.311 e. The third kappa shape index (κ3) is 2.89. The van der Waals surface area contributed by atoms with Crippen molar-refractivity contribution in [3.63, 3.8) is 0 Å². The van der Waals surface area contributed by atoms with Gasteiger partial charge < -0.3 is 14.3 Å². The van der Waals surface area contributed by atoms with Gasteiger partial charge in [-0.25, -0.2) is 0 Å². The van der Waals surface area contributed by atoms with Gasteiger partial charge in [0.1, 0.15) is 0 Å². The molecule has 100 valence electrons. The second-order valence-corrected chi connectivity index (χ2v) is 11.0. The molecule has 5 heteroatoms. The summed E-state index contributed by atoms with van der Waals surface area (Å²) in [6, 6.07) is 0. The fourth-order valence-corrected chi connectivity index (χ4v) is 3.01. The van der Waals surface area contributed by atoms with Crippen molar-refractivity contribution in [1.29, 1.82) is 0 Å². The molecule has 0 radical (unpaired) electrons. The predicted molar refractivity (Wildman–Crippen MR) is 68.2 cm³/mol. The Morgan fingerprint density at radius 1 is 1.41 bits per heavy atom. The SMILES string of the molecule is C[C@@H]1C(=O)O[C@@H](CO)[C@H]1O[Si](C)(C)C(C)(C)C. The lowest BCUT2D eigenvalue weighted by molar-refractivity contribution is -0.145. The van der Waals surface area contributed by atoms with Gasteiger partial charge in [-0.05, 0) is 25.1 Å². The highest BCUT2D eigenvalue weighted by Crippen LogP contribution is 2.39. The summed E-state index contributed by atoms with van der Waals surface area (Å²) in [5.41, 5.74) is 0. The molecule has 1 fully saturated rings. The van der Waals surface area contributed by atoms with Crippen LogP contribution in [0.1, 0.15) is 27.7 Å². The van der Waals surface area contributed by atoms with Crippen LogP contribution in [0.25, 0.3) is 0 Å². The summed E-state index contributed by atoms with van der Waals surface area (Å²) in [7, 11) is -1.94. The zero-order valence-corrected chi connectivity index (χ0v) is 12.6. The Morgan fingerprint density at radius 3 is 2.35 bits per heavy atom. The van der Waals surface area contributed by atoms with Crippen molar-refractivity contribution in [2.45, 2.75) is 58.0 Å². The Kier molecular flexibility index (Phi) is 4.06. The molecule has 0 spiro atoms. The molecule has 1 N–H and O–H groups in total. The predicted octanol–water partition coefficient (Wildman–Crippen LogP) is 1.93. The van der Waals surface area contributed by atoms with Crippen molar-refractivity contribution < 1.29 is 19.1 Å². The quantitative estimate of drug-likeness (QED) is 0.622. The van der Waals surface area contributed by atoms with Crippen molar-refractivity contribution in [2.75, 3.05) is 6.61 Å². The average molecular weight is 260 g/mol. The van der Waals surface area contributed by atoms with Crippen LogP contribution in [0.2, 0.25) is 18.1 Å². The molecule has 0 aromatic rings. The molecule has 0 saturated carbocycles. The number of hydrogen-bond donors (Lipinski definition) is 1. The molecule has 0 unspecified atom stereocenters. The molecule has 17 heavy (non-hydrogen) atoms. The second kappa shape index (κ2) is 4.70. The molecule has 1 aliphatic heterocycles. The number of rotatable bonds is 3. The van der Waals surface area contributed by atoms with E-state index in [4.69, 9.17) is 9.16 Å². The molecular formula is C12H24O4Si. The van der Waals surface area contributed by atoms with Gasteiger partial charge in [0.2, 0.25) is 0 Å². The van der Waals surface area contributed by atoms with Gasteiger partial charge in [-0.15, -0.1) is 0 Å². The molecule has 1 aliphatic rings. The van der Waals surface area contributed by atoms with Crippen molar-refractivity contribution >= 4 is 14.3 Å². The topological polar surface area (TPSA) is 55.8 Å².